The second kappa shape index (κ2) is 7.31. The fourth-order valence-corrected chi connectivity index (χ4v) is 3.88. The number of piperidine rings is 1. The number of carboxylic acids is 1. The van der Waals surface area contributed by atoms with Gasteiger partial charge in [-0.1, -0.05) is 42.5 Å². The number of aliphatic carboxylic acids is 1. The van der Waals surface area contributed by atoms with Gasteiger partial charge in [-0.05, 0) is 36.6 Å². The van der Waals surface area contributed by atoms with E-state index in [0.29, 0.717) is 37.2 Å². The molecule has 1 aliphatic rings. The predicted octanol–water partition coefficient (Wildman–Crippen LogP) is 3.47. The van der Waals surface area contributed by atoms with E-state index in [1.54, 1.807) is 24.4 Å². The number of para-hydroxylation sites is 1. The molecule has 2 aromatic carbocycles. The summed E-state index contributed by atoms with van der Waals surface area (Å²) in [5.74, 6) is -0.623. The SMILES string of the molecule is O=C(O)C1(c2ccccc2)CCN(c2cnnc(-c3ccccc3O)c2)CC1. The topological polar surface area (TPSA) is 86.5 Å². The van der Waals surface area contributed by atoms with Crippen LogP contribution in [0.2, 0.25) is 0 Å². The molecular weight excluding hydrogens is 354 g/mol. The Balaban J connectivity index is 1.58. The highest BCUT2D eigenvalue weighted by atomic mass is 16.4. The number of rotatable bonds is 4. The zero-order chi connectivity index (χ0) is 19.6. The highest BCUT2D eigenvalue weighted by Gasteiger charge is 2.43. The molecule has 0 aliphatic carbocycles. The van der Waals surface area contributed by atoms with Crippen LogP contribution in [-0.2, 0) is 10.2 Å². The summed E-state index contributed by atoms with van der Waals surface area (Å²) in [5, 5.41) is 28.3. The molecule has 28 heavy (non-hydrogen) atoms. The number of carboxylic acid groups (broad SMARTS) is 1. The van der Waals surface area contributed by atoms with Crippen LogP contribution in [0.15, 0.2) is 66.9 Å². The van der Waals surface area contributed by atoms with Crippen molar-refractivity contribution in [2.75, 3.05) is 18.0 Å². The first-order chi connectivity index (χ1) is 13.6. The van der Waals surface area contributed by atoms with E-state index in [4.69, 9.17) is 0 Å². The molecule has 0 spiro atoms. The summed E-state index contributed by atoms with van der Waals surface area (Å²) in [4.78, 5) is 14.3. The third kappa shape index (κ3) is 3.17. The van der Waals surface area contributed by atoms with Crippen molar-refractivity contribution in [1.82, 2.24) is 10.2 Å². The molecule has 0 saturated carbocycles. The molecule has 6 nitrogen and oxygen atoms in total. The van der Waals surface area contributed by atoms with E-state index >= 15 is 0 Å². The fraction of sp³-hybridized carbons (Fsp3) is 0.227. The number of hydrogen-bond acceptors (Lipinski definition) is 5. The molecule has 2 heterocycles. The summed E-state index contributed by atoms with van der Waals surface area (Å²) < 4.78 is 0. The van der Waals surface area contributed by atoms with Gasteiger partial charge in [0.05, 0.1) is 23.0 Å². The van der Waals surface area contributed by atoms with Crippen LogP contribution < -0.4 is 4.90 Å². The summed E-state index contributed by atoms with van der Waals surface area (Å²) in [6.45, 7) is 1.21. The Kier molecular flexibility index (Phi) is 4.69. The average molecular weight is 375 g/mol. The van der Waals surface area contributed by atoms with Crippen LogP contribution in [0.5, 0.6) is 5.75 Å². The number of nitrogens with zero attached hydrogens (tertiary/aromatic N) is 3. The Labute approximate surface area is 163 Å². The highest BCUT2D eigenvalue weighted by molar-refractivity contribution is 5.82. The Morgan fingerprint density at radius 3 is 2.36 bits per heavy atom. The highest BCUT2D eigenvalue weighted by Crippen LogP contribution is 2.38. The van der Waals surface area contributed by atoms with E-state index in [0.717, 1.165) is 11.3 Å². The summed E-state index contributed by atoms with van der Waals surface area (Å²) in [5.41, 5.74) is 2.08. The standard InChI is InChI=1S/C22H21N3O3/c26-20-9-5-4-8-18(20)19-14-17(15-23-24-19)25-12-10-22(11-13-25,21(27)28)16-6-2-1-3-7-16/h1-9,14-15,26H,10-13H2,(H,27,28). The molecule has 0 bridgehead atoms. The van der Waals surface area contributed by atoms with Crippen LogP contribution in [0.25, 0.3) is 11.3 Å². The molecule has 4 rings (SSSR count). The van der Waals surface area contributed by atoms with Gasteiger partial charge >= 0.3 is 5.97 Å². The second-order valence-electron chi connectivity index (χ2n) is 7.06. The first kappa shape index (κ1) is 18.0. The van der Waals surface area contributed by atoms with E-state index in [2.05, 4.69) is 15.1 Å². The number of aromatic hydroxyl groups is 1. The monoisotopic (exact) mass is 375 g/mol. The predicted molar refractivity (Wildman–Crippen MR) is 106 cm³/mol. The molecule has 0 unspecified atom stereocenters. The molecular formula is C22H21N3O3. The second-order valence-corrected chi connectivity index (χ2v) is 7.06. The number of hydrogen-bond donors (Lipinski definition) is 2. The van der Waals surface area contributed by atoms with Crippen LogP contribution >= 0.6 is 0 Å². The van der Waals surface area contributed by atoms with Crippen molar-refractivity contribution in [2.45, 2.75) is 18.3 Å². The Morgan fingerprint density at radius 1 is 1.00 bits per heavy atom. The summed E-state index contributed by atoms with van der Waals surface area (Å²) in [6.07, 6.45) is 2.71. The van der Waals surface area contributed by atoms with Crippen molar-refractivity contribution in [1.29, 1.82) is 0 Å². The molecule has 1 saturated heterocycles. The minimum absolute atomic E-state index is 0.154. The van der Waals surface area contributed by atoms with Gasteiger partial charge in [-0.25, -0.2) is 0 Å². The van der Waals surface area contributed by atoms with Crippen molar-refractivity contribution in [3.8, 4) is 17.0 Å². The lowest BCUT2D eigenvalue weighted by atomic mass is 9.73. The van der Waals surface area contributed by atoms with Gasteiger partial charge in [-0.2, -0.15) is 10.2 Å². The van der Waals surface area contributed by atoms with Gasteiger partial charge in [-0.3, -0.25) is 4.79 Å². The lowest BCUT2D eigenvalue weighted by Crippen LogP contribution is -2.47. The van der Waals surface area contributed by atoms with Crippen LogP contribution in [0.4, 0.5) is 5.69 Å². The number of anilines is 1. The Morgan fingerprint density at radius 2 is 1.68 bits per heavy atom. The van der Waals surface area contributed by atoms with Gasteiger partial charge < -0.3 is 15.1 Å². The van der Waals surface area contributed by atoms with E-state index in [-0.39, 0.29) is 5.75 Å². The quantitative estimate of drug-likeness (QED) is 0.726. The molecule has 1 aliphatic heterocycles. The van der Waals surface area contributed by atoms with Crippen molar-refractivity contribution >= 4 is 11.7 Å². The smallest absolute Gasteiger partial charge is 0.314 e. The molecule has 142 valence electrons. The third-order valence-corrected chi connectivity index (χ3v) is 5.54. The number of aromatic nitrogens is 2. The van der Waals surface area contributed by atoms with Gasteiger partial charge in [0, 0.05) is 18.7 Å². The number of phenolic OH excluding ortho intramolecular Hbond substituents is 1. The van der Waals surface area contributed by atoms with Crippen LogP contribution in [0, 0.1) is 0 Å². The zero-order valence-corrected chi connectivity index (χ0v) is 15.3. The molecule has 0 atom stereocenters. The first-order valence-corrected chi connectivity index (χ1v) is 9.25. The minimum Gasteiger partial charge on any atom is -0.507 e. The van der Waals surface area contributed by atoms with E-state index < -0.39 is 11.4 Å². The van der Waals surface area contributed by atoms with Gasteiger partial charge in [0.2, 0.25) is 0 Å². The maximum Gasteiger partial charge on any atom is 0.314 e. The minimum atomic E-state index is -0.862. The average Bonchev–Trinajstić information content (AvgIpc) is 2.75. The third-order valence-electron chi connectivity index (χ3n) is 5.54. The maximum atomic E-state index is 12.1. The molecule has 0 radical (unpaired) electrons. The lowest BCUT2D eigenvalue weighted by molar-refractivity contribution is -0.144. The Hall–Kier alpha value is -3.41. The molecule has 1 aromatic heterocycles. The van der Waals surface area contributed by atoms with Crippen molar-refractivity contribution in [3.63, 3.8) is 0 Å². The van der Waals surface area contributed by atoms with Gasteiger partial charge in [-0.15, -0.1) is 0 Å². The Bertz CT molecular complexity index is 983. The summed E-state index contributed by atoms with van der Waals surface area (Å²) in [7, 11) is 0. The molecule has 0 amide bonds. The lowest BCUT2D eigenvalue weighted by Gasteiger charge is -2.40. The maximum absolute atomic E-state index is 12.1. The first-order valence-electron chi connectivity index (χ1n) is 9.25. The number of benzene rings is 2. The number of phenols is 1. The largest absolute Gasteiger partial charge is 0.507 e. The van der Waals surface area contributed by atoms with Crippen LogP contribution in [0.1, 0.15) is 18.4 Å². The van der Waals surface area contributed by atoms with Gasteiger partial charge in [0.15, 0.2) is 0 Å². The van der Waals surface area contributed by atoms with E-state index in [1.165, 1.54) is 0 Å². The van der Waals surface area contributed by atoms with Crippen molar-refractivity contribution in [2.24, 2.45) is 0 Å². The summed E-state index contributed by atoms with van der Waals surface area (Å²) in [6, 6.07) is 18.4. The molecule has 2 N–H and O–H groups in total. The van der Waals surface area contributed by atoms with Gasteiger partial charge in [0.25, 0.3) is 0 Å². The fourth-order valence-electron chi connectivity index (χ4n) is 3.88. The van der Waals surface area contributed by atoms with E-state index in [1.807, 2.05) is 42.5 Å². The molecule has 6 heteroatoms. The van der Waals surface area contributed by atoms with Crippen LogP contribution in [-0.4, -0.2) is 39.5 Å². The molecule has 1 fully saturated rings. The van der Waals surface area contributed by atoms with E-state index in [9.17, 15) is 15.0 Å². The number of carbonyl (C=O) groups is 1. The van der Waals surface area contributed by atoms with Crippen LogP contribution in [0.3, 0.4) is 0 Å². The van der Waals surface area contributed by atoms with Gasteiger partial charge in [0.1, 0.15) is 5.75 Å². The normalized spacial score (nSPS) is 15.9. The zero-order valence-electron chi connectivity index (χ0n) is 15.3. The molecule has 3 aromatic rings. The summed E-state index contributed by atoms with van der Waals surface area (Å²) >= 11 is 0. The van der Waals surface area contributed by atoms with Crippen molar-refractivity contribution in [3.05, 3.63) is 72.4 Å². The van der Waals surface area contributed by atoms with Crippen molar-refractivity contribution < 1.29 is 15.0 Å².